The zero-order valence-electron chi connectivity index (χ0n) is 23.9. The van der Waals surface area contributed by atoms with Gasteiger partial charge in [-0.25, -0.2) is 4.79 Å². The number of alkyl halides is 9. The van der Waals surface area contributed by atoms with E-state index in [1.807, 2.05) is 11.5 Å². The van der Waals surface area contributed by atoms with Crippen LogP contribution in [-0.4, -0.2) is 82.9 Å². The van der Waals surface area contributed by atoms with Gasteiger partial charge in [0.05, 0.1) is 29.9 Å². The normalized spacial score (nSPS) is 22.0. The Hall–Kier alpha value is -3.85. The summed E-state index contributed by atoms with van der Waals surface area (Å²) in [6.45, 7) is 6.17. The molecule has 2 unspecified atom stereocenters. The van der Waals surface area contributed by atoms with E-state index in [4.69, 9.17) is 36.1 Å². The maximum absolute atomic E-state index is 13.2. The third-order valence-electron chi connectivity index (χ3n) is 8.08. The van der Waals surface area contributed by atoms with Gasteiger partial charge in [-0.3, -0.25) is 9.47 Å². The lowest BCUT2D eigenvalue weighted by Crippen LogP contribution is -3.16. The number of esters is 1. The Kier molecular flexibility index (Phi) is 9.43. The Balaban J connectivity index is 0.000000301. The number of halogens is 10. The molecule has 1 spiro atoms. The van der Waals surface area contributed by atoms with Crippen LogP contribution in [0.4, 0.5) is 45.5 Å². The molecule has 6 rings (SSSR count). The largest absolute Gasteiger partial charge is 0.542 e. The third kappa shape index (κ3) is 7.83. The average Bonchev–Trinajstić information content (AvgIpc) is 3.53. The number of hydrogen-bond acceptors (Lipinski definition) is 9. The second-order valence-electron chi connectivity index (χ2n) is 11.6. The first-order chi connectivity index (χ1) is 21.5. The van der Waals surface area contributed by atoms with Crippen LogP contribution in [0.1, 0.15) is 37.4 Å². The van der Waals surface area contributed by atoms with Crippen LogP contribution in [-0.2, 0) is 25.7 Å². The van der Waals surface area contributed by atoms with Crippen molar-refractivity contribution >= 4 is 35.5 Å². The number of carboxylic acid groups (broad SMARTS) is 2. The molecule has 260 valence electrons. The number of ether oxygens (including phenoxy) is 1. The Bertz CT molecular complexity index is 1510. The average molecular weight is 711 g/mol. The standard InChI is InChI=1S/C21H22ClF3N6O2.2C2HF3O2/c1-19(4-5-19)30-7-15-27-28-18(29-10-20(11-29)8-26-9-20)31(15)14-3-2-12(22)6-13(14)16(30)33-17(32)21(23,24)25;2*3-2(4,5)1(6)7/h2-3,6,16,26H,4-5,7-11H2,1H3;2*(H,6,7). The van der Waals surface area contributed by atoms with E-state index in [-0.39, 0.29) is 12.1 Å². The first-order valence-electron chi connectivity index (χ1n) is 13.5. The molecule has 3 N–H and O–H groups in total. The molecule has 12 nitrogen and oxygen atoms in total. The molecule has 0 radical (unpaired) electrons. The quantitative estimate of drug-likeness (QED) is 0.300. The SMILES string of the molecule is CC1([NH+]2Cc3nnc(N4CC5(C[NH2+]C5)C4)n3-c3ccc(Cl)cc3C2OC(=O)C(F)(F)F)CC1.O=C([O-])C(F)(F)F.O=C([O-])C(F)(F)F. The van der Waals surface area contributed by atoms with E-state index in [1.165, 1.54) is 0 Å². The van der Waals surface area contributed by atoms with Gasteiger partial charge in [-0.15, -0.1) is 10.2 Å². The minimum absolute atomic E-state index is 0.276. The molecule has 1 aromatic heterocycles. The van der Waals surface area contributed by atoms with Gasteiger partial charge in [0.15, 0.2) is 5.82 Å². The molecule has 4 heterocycles. The van der Waals surface area contributed by atoms with Crippen LogP contribution < -0.4 is 25.3 Å². The van der Waals surface area contributed by atoms with Crippen molar-refractivity contribution in [2.24, 2.45) is 5.41 Å². The van der Waals surface area contributed by atoms with Crippen molar-refractivity contribution in [1.82, 2.24) is 14.8 Å². The molecule has 1 aliphatic carbocycles. The van der Waals surface area contributed by atoms with Crippen LogP contribution in [0.15, 0.2) is 18.2 Å². The van der Waals surface area contributed by atoms with Crippen molar-refractivity contribution in [3.05, 3.63) is 34.6 Å². The molecule has 22 heteroatoms. The van der Waals surface area contributed by atoms with Gasteiger partial charge in [-0.05, 0) is 25.1 Å². The highest BCUT2D eigenvalue weighted by Crippen LogP contribution is 2.40. The van der Waals surface area contributed by atoms with Crippen LogP contribution in [0.25, 0.3) is 5.69 Å². The molecule has 2 aromatic rings. The fourth-order valence-electron chi connectivity index (χ4n) is 5.33. The summed E-state index contributed by atoms with van der Waals surface area (Å²) < 4.78 is 110. The van der Waals surface area contributed by atoms with Crippen LogP contribution in [0, 0.1) is 5.41 Å². The number of nitrogens with two attached hydrogens (primary N) is 1. The Morgan fingerprint density at radius 3 is 1.91 bits per heavy atom. The number of quaternary nitrogens is 2. The number of rotatable bonds is 3. The summed E-state index contributed by atoms with van der Waals surface area (Å²) in [6, 6.07) is 5.01. The van der Waals surface area contributed by atoms with Crippen molar-refractivity contribution in [2.45, 2.75) is 56.6 Å². The molecule has 2 atom stereocenters. The van der Waals surface area contributed by atoms with Crippen molar-refractivity contribution in [2.75, 3.05) is 31.1 Å². The van der Waals surface area contributed by atoms with E-state index in [2.05, 4.69) is 20.4 Å². The van der Waals surface area contributed by atoms with Gasteiger partial charge in [0.25, 0.3) is 6.23 Å². The van der Waals surface area contributed by atoms with Gasteiger partial charge in [-0.2, -0.15) is 39.5 Å². The Labute approximate surface area is 263 Å². The van der Waals surface area contributed by atoms with E-state index < -0.39 is 42.7 Å². The number of carbonyl (C=O) groups is 3. The number of benzene rings is 1. The van der Waals surface area contributed by atoms with Crippen LogP contribution in [0.3, 0.4) is 0 Å². The second kappa shape index (κ2) is 12.3. The third-order valence-corrected chi connectivity index (χ3v) is 8.31. The van der Waals surface area contributed by atoms with Crippen LogP contribution in [0.5, 0.6) is 0 Å². The van der Waals surface area contributed by atoms with Gasteiger partial charge >= 0.3 is 24.5 Å². The van der Waals surface area contributed by atoms with Crippen molar-refractivity contribution < 1.29 is 79.1 Å². The van der Waals surface area contributed by atoms with Gasteiger partial charge in [-0.1, -0.05) is 11.6 Å². The summed E-state index contributed by atoms with van der Waals surface area (Å²) in [6.07, 6.45) is -15.0. The minimum Gasteiger partial charge on any atom is -0.542 e. The van der Waals surface area contributed by atoms with Crippen LogP contribution >= 0.6 is 11.6 Å². The van der Waals surface area contributed by atoms with Gasteiger partial charge in [0.1, 0.15) is 23.9 Å². The van der Waals surface area contributed by atoms with E-state index in [0.717, 1.165) is 39.0 Å². The number of hydrogen-bond donors (Lipinski definition) is 2. The summed E-state index contributed by atoms with van der Waals surface area (Å²) in [7, 11) is 0. The lowest BCUT2D eigenvalue weighted by atomic mass is 9.75. The van der Waals surface area contributed by atoms with E-state index in [1.54, 1.807) is 18.2 Å². The van der Waals surface area contributed by atoms with E-state index >= 15 is 0 Å². The monoisotopic (exact) mass is 710 g/mol. The van der Waals surface area contributed by atoms with Crippen molar-refractivity contribution in [1.29, 1.82) is 0 Å². The fraction of sp³-hybridized carbons (Fsp3) is 0.560. The maximum Gasteiger partial charge on any atom is 0.491 e. The smallest absolute Gasteiger partial charge is 0.491 e. The number of aromatic nitrogens is 3. The summed E-state index contributed by atoms with van der Waals surface area (Å²) >= 11 is 6.28. The number of carbonyl (C=O) groups excluding carboxylic acids is 3. The molecule has 4 aliphatic rings. The second-order valence-corrected chi connectivity index (χ2v) is 12.1. The summed E-state index contributed by atoms with van der Waals surface area (Å²) in [5, 5.41) is 29.1. The Morgan fingerprint density at radius 2 is 1.49 bits per heavy atom. The molecule has 0 amide bonds. The topological polar surface area (TPSA) is 162 Å². The number of carboxylic acids is 2. The molecule has 3 fully saturated rings. The number of anilines is 1. The highest BCUT2D eigenvalue weighted by Gasteiger charge is 2.57. The molecule has 2 saturated heterocycles. The molecule has 1 saturated carbocycles. The number of nitrogens with one attached hydrogen (secondary N) is 1. The predicted octanol–water partition coefficient (Wildman–Crippen LogP) is -1.04. The van der Waals surface area contributed by atoms with Gasteiger partial charge in [0.2, 0.25) is 5.95 Å². The minimum atomic E-state index is -5.19. The van der Waals surface area contributed by atoms with E-state index in [9.17, 15) is 44.3 Å². The summed E-state index contributed by atoms with van der Waals surface area (Å²) in [5.74, 6) is -6.93. The van der Waals surface area contributed by atoms with Crippen LogP contribution in [0.2, 0.25) is 5.02 Å². The zero-order chi connectivity index (χ0) is 35.3. The molecular formula is C25H24ClF9N6O6. The zero-order valence-corrected chi connectivity index (χ0v) is 24.6. The molecule has 1 aromatic carbocycles. The van der Waals surface area contributed by atoms with Crippen molar-refractivity contribution in [3.8, 4) is 5.69 Å². The number of fused-ring (bicyclic) bond motifs is 3. The van der Waals surface area contributed by atoms with Gasteiger partial charge in [0, 0.05) is 31.0 Å². The maximum atomic E-state index is 13.2. The summed E-state index contributed by atoms with van der Waals surface area (Å²) in [4.78, 5) is 32.4. The highest BCUT2D eigenvalue weighted by molar-refractivity contribution is 6.30. The predicted molar refractivity (Wildman–Crippen MR) is 132 cm³/mol. The Morgan fingerprint density at radius 1 is 0.957 bits per heavy atom. The molecule has 3 aliphatic heterocycles. The molecular weight excluding hydrogens is 687 g/mol. The lowest BCUT2D eigenvalue weighted by molar-refractivity contribution is -0.997. The van der Waals surface area contributed by atoms with Crippen molar-refractivity contribution in [3.63, 3.8) is 0 Å². The van der Waals surface area contributed by atoms with E-state index in [0.29, 0.717) is 38.4 Å². The highest BCUT2D eigenvalue weighted by atomic mass is 35.5. The molecule has 0 bridgehead atoms. The number of aliphatic carboxylic acids is 2. The van der Waals surface area contributed by atoms with Gasteiger partial charge < -0.3 is 34.8 Å². The number of nitrogens with zero attached hydrogens (tertiary/aromatic N) is 4. The lowest BCUT2D eigenvalue weighted by Gasteiger charge is -2.52. The summed E-state index contributed by atoms with van der Waals surface area (Å²) in [5.41, 5.74) is 0.994. The fourth-order valence-corrected chi connectivity index (χ4v) is 5.51. The first kappa shape index (κ1) is 36.0. The first-order valence-corrected chi connectivity index (χ1v) is 13.9. The molecule has 47 heavy (non-hydrogen) atoms.